The Hall–Kier alpha value is -1.14. The zero-order chi connectivity index (χ0) is 8.39. The molecule has 64 valence electrons. The molecule has 2 heterocycles. The van der Waals surface area contributed by atoms with Gasteiger partial charge in [0.25, 0.3) is 0 Å². The summed E-state index contributed by atoms with van der Waals surface area (Å²) < 4.78 is 4.06. The Bertz CT molecular complexity index is 273. The largest absolute Gasteiger partial charge is 0.325 e. The van der Waals surface area contributed by atoms with E-state index in [9.17, 15) is 4.79 Å². The molecule has 1 aliphatic rings. The molecule has 6 heteroatoms. The summed E-state index contributed by atoms with van der Waals surface area (Å²) in [5.41, 5.74) is 0. The normalized spacial score (nSPS) is 17.7. The summed E-state index contributed by atoms with van der Waals surface area (Å²) in [6, 6.07) is 1.72. The number of nitrogens with one attached hydrogen (secondary N) is 2. The minimum atomic E-state index is -0.0975. The molecule has 12 heavy (non-hydrogen) atoms. The van der Waals surface area contributed by atoms with E-state index < -0.39 is 0 Å². The minimum absolute atomic E-state index is 0.0975. The Balaban J connectivity index is 2.17. The number of hydrogen-bond donors (Lipinski definition) is 2. The number of anilines is 1. The van der Waals surface area contributed by atoms with E-state index in [2.05, 4.69) is 15.0 Å². The Morgan fingerprint density at radius 3 is 3.25 bits per heavy atom. The van der Waals surface area contributed by atoms with Crippen molar-refractivity contribution < 1.29 is 4.79 Å². The van der Waals surface area contributed by atoms with Gasteiger partial charge in [-0.3, -0.25) is 10.2 Å². The van der Waals surface area contributed by atoms with Crippen LogP contribution in [-0.2, 0) is 0 Å². The molecule has 1 aromatic heterocycles. The van der Waals surface area contributed by atoms with Crippen molar-refractivity contribution in [2.24, 2.45) is 0 Å². The van der Waals surface area contributed by atoms with E-state index in [1.807, 2.05) is 11.4 Å². The first-order valence-corrected chi connectivity index (χ1v) is 4.38. The van der Waals surface area contributed by atoms with Gasteiger partial charge >= 0.3 is 6.03 Å². The number of carbonyl (C=O) groups excluding carboxylic acids is 1. The third kappa shape index (κ3) is 1.26. The molecule has 5 nitrogen and oxygen atoms in total. The lowest BCUT2D eigenvalue weighted by Crippen LogP contribution is -2.54. The first kappa shape index (κ1) is 7.51. The molecule has 2 amide bonds. The second-order valence-electron chi connectivity index (χ2n) is 2.35. The fourth-order valence-corrected chi connectivity index (χ4v) is 1.51. The number of carbonyl (C=O) groups is 1. The van der Waals surface area contributed by atoms with Gasteiger partial charge in [-0.15, -0.1) is 0 Å². The highest BCUT2D eigenvalue weighted by Gasteiger charge is 2.19. The summed E-state index contributed by atoms with van der Waals surface area (Å²) in [6.45, 7) is 1.05. The summed E-state index contributed by atoms with van der Waals surface area (Å²) in [5.74, 6) is 0.699. The topological polar surface area (TPSA) is 57.3 Å². The van der Waals surface area contributed by atoms with E-state index in [0.717, 1.165) is 0 Å². The van der Waals surface area contributed by atoms with Crippen LogP contribution in [0.5, 0.6) is 0 Å². The molecule has 0 spiro atoms. The summed E-state index contributed by atoms with van der Waals surface area (Å²) in [7, 11) is 0. The molecule has 1 fully saturated rings. The van der Waals surface area contributed by atoms with E-state index >= 15 is 0 Å². The minimum Gasteiger partial charge on any atom is -0.325 e. The molecule has 2 rings (SSSR count). The Morgan fingerprint density at radius 2 is 2.58 bits per heavy atom. The third-order valence-electron chi connectivity index (χ3n) is 1.58. The smallest absolute Gasteiger partial charge is 0.325 e. The average Bonchev–Trinajstić information content (AvgIpc) is 2.57. The van der Waals surface area contributed by atoms with E-state index in [4.69, 9.17) is 0 Å². The standard InChI is InChI=1S/C6H8N4OS/c11-6-8-3-7-4-10(6)5-1-2-12-9-5/h1-2,7H,3-4H2,(H,8,11). The molecule has 0 aromatic carbocycles. The quantitative estimate of drug-likeness (QED) is 0.654. The van der Waals surface area contributed by atoms with Crippen LogP contribution < -0.4 is 15.5 Å². The van der Waals surface area contributed by atoms with E-state index in [-0.39, 0.29) is 6.03 Å². The average molecular weight is 184 g/mol. The zero-order valence-electron chi connectivity index (χ0n) is 6.28. The van der Waals surface area contributed by atoms with Gasteiger partial charge in [-0.1, -0.05) is 0 Å². The lowest BCUT2D eigenvalue weighted by atomic mass is 10.5. The summed E-state index contributed by atoms with van der Waals surface area (Å²) in [6.07, 6.45) is 0. The van der Waals surface area contributed by atoms with Crippen LogP contribution in [0.25, 0.3) is 0 Å². The van der Waals surface area contributed by atoms with Gasteiger partial charge < -0.3 is 5.32 Å². The molecule has 1 saturated heterocycles. The van der Waals surface area contributed by atoms with Crippen LogP contribution in [0.1, 0.15) is 0 Å². The van der Waals surface area contributed by atoms with Crippen LogP contribution in [0, 0.1) is 0 Å². The van der Waals surface area contributed by atoms with Gasteiger partial charge in [0.15, 0.2) is 5.82 Å². The van der Waals surface area contributed by atoms with Crippen molar-refractivity contribution in [1.82, 2.24) is 15.0 Å². The van der Waals surface area contributed by atoms with Crippen LogP contribution in [0.2, 0.25) is 0 Å². The fraction of sp³-hybridized carbons (Fsp3) is 0.333. The molecule has 0 saturated carbocycles. The van der Waals surface area contributed by atoms with E-state index in [1.165, 1.54) is 11.5 Å². The number of hydrogen-bond acceptors (Lipinski definition) is 4. The van der Waals surface area contributed by atoms with Crippen LogP contribution >= 0.6 is 11.5 Å². The number of rotatable bonds is 1. The zero-order valence-corrected chi connectivity index (χ0v) is 7.10. The van der Waals surface area contributed by atoms with Crippen molar-refractivity contribution in [2.45, 2.75) is 0 Å². The van der Waals surface area contributed by atoms with E-state index in [0.29, 0.717) is 19.2 Å². The lowest BCUT2D eigenvalue weighted by Gasteiger charge is -2.25. The molecule has 1 aromatic rings. The first-order valence-electron chi connectivity index (χ1n) is 3.54. The maximum atomic E-state index is 11.2. The van der Waals surface area contributed by atoms with Crippen molar-refractivity contribution in [3.63, 3.8) is 0 Å². The fourth-order valence-electron chi connectivity index (χ4n) is 1.00. The highest BCUT2D eigenvalue weighted by Crippen LogP contribution is 2.12. The second kappa shape index (κ2) is 3.08. The van der Waals surface area contributed by atoms with Crippen molar-refractivity contribution >= 4 is 23.4 Å². The SMILES string of the molecule is O=C1NCNCN1c1ccsn1. The van der Waals surface area contributed by atoms with Crippen LogP contribution in [0.3, 0.4) is 0 Å². The molecule has 0 aliphatic carbocycles. The Labute approximate surface area is 73.5 Å². The molecule has 0 atom stereocenters. The van der Waals surface area contributed by atoms with Crippen molar-refractivity contribution in [3.05, 3.63) is 11.4 Å². The summed E-state index contributed by atoms with van der Waals surface area (Å²) in [5, 5.41) is 7.52. The van der Waals surface area contributed by atoms with Gasteiger partial charge in [-0.05, 0) is 17.6 Å². The van der Waals surface area contributed by atoms with Crippen LogP contribution in [-0.4, -0.2) is 23.7 Å². The predicted molar refractivity (Wildman–Crippen MR) is 46.0 cm³/mol. The van der Waals surface area contributed by atoms with Gasteiger partial charge in [-0.25, -0.2) is 4.79 Å². The molecular weight excluding hydrogens is 176 g/mol. The van der Waals surface area contributed by atoms with Crippen molar-refractivity contribution in [1.29, 1.82) is 0 Å². The van der Waals surface area contributed by atoms with Gasteiger partial charge in [0, 0.05) is 5.38 Å². The lowest BCUT2D eigenvalue weighted by molar-refractivity contribution is 0.240. The third-order valence-corrected chi connectivity index (χ3v) is 2.13. The number of urea groups is 1. The molecule has 0 radical (unpaired) electrons. The highest BCUT2D eigenvalue weighted by molar-refractivity contribution is 7.03. The number of amides is 2. The molecular formula is C6H8N4OS. The summed E-state index contributed by atoms with van der Waals surface area (Å²) in [4.78, 5) is 12.8. The Morgan fingerprint density at radius 1 is 1.67 bits per heavy atom. The van der Waals surface area contributed by atoms with Crippen molar-refractivity contribution in [2.75, 3.05) is 18.2 Å². The molecule has 0 unspecified atom stereocenters. The van der Waals surface area contributed by atoms with Gasteiger partial charge in [0.05, 0.1) is 13.3 Å². The maximum absolute atomic E-state index is 11.2. The maximum Gasteiger partial charge on any atom is 0.325 e. The Kier molecular flexibility index (Phi) is 1.92. The molecule has 2 N–H and O–H groups in total. The van der Waals surface area contributed by atoms with Crippen LogP contribution in [0.15, 0.2) is 11.4 Å². The van der Waals surface area contributed by atoms with Crippen LogP contribution in [0.4, 0.5) is 10.6 Å². The highest BCUT2D eigenvalue weighted by atomic mass is 32.1. The second-order valence-corrected chi connectivity index (χ2v) is 3.02. The van der Waals surface area contributed by atoms with Gasteiger partial charge in [-0.2, -0.15) is 4.37 Å². The van der Waals surface area contributed by atoms with Gasteiger partial charge in [0.2, 0.25) is 0 Å². The van der Waals surface area contributed by atoms with Crippen molar-refractivity contribution in [3.8, 4) is 0 Å². The van der Waals surface area contributed by atoms with E-state index in [1.54, 1.807) is 4.90 Å². The summed E-state index contributed by atoms with van der Waals surface area (Å²) >= 11 is 1.34. The molecule has 1 aliphatic heterocycles. The molecule has 0 bridgehead atoms. The van der Waals surface area contributed by atoms with Gasteiger partial charge in [0.1, 0.15) is 0 Å². The first-order chi connectivity index (χ1) is 5.88. The number of aromatic nitrogens is 1. The predicted octanol–water partition coefficient (Wildman–Crippen LogP) is 0.177. The monoisotopic (exact) mass is 184 g/mol. The number of nitrogens with zero attached hydrogens (tertiary/aromatic N) is 2.